The third-order valence-electron chi connectivity index (χ3n) is 6.03. The molecule has 4 heteroatoms. The van der Waals surface area contributed by atoms with Gasteiger partial charge in [-0.3, -0.25) is 0 Å². The first-order chi connectivity index (χ1) is 10.7. The van der Waals surface area contributed by atoms with Gasteiger partial charge in [-0.05, 0) is 70.1 Å². The Labute approximate surface area is 154 Å². The molecule has 1 heterocycles. The molecule has 0 saturated heterocycles. The zero-order valence-electron chi connectivity index (χ0n) is 17.2. The molecule has 1 aromatic rings. The average Bonchev–Trinajstić information content (AvgIpc) is 2.78. The van der Waals surface area contributed by atoms with Crippen LogP contribution in [0.4, 0.5) is 0 Å². The quantitative estimate of drug-likeness (QED) is 0.731. The zero-order chi connectivity index (χ0) is 18.6. The highest BCUT2D eigenvalue weighted by molar-refractivity contribution is 7.82. The second-order valence-corrected chi connectivity index (χ2v) is 11.2. The van der Waals surface area contributed by atoms with Gasteiger partial charge < -0.3 is 0 Å². The summed E-state index contributed by atoms with van der Waals surface area (Å²) in [5.74, 6) is 0.678. The standard InChI is InChI=1S/C20H37N3S/c1-10-14-15(23(22-21-14)18(5,6)7)11-12-19(8)16(20(19,9)24)13-17(2,3)4/h16,24H,10-13H2,1-9H3/t16-,19?,20?/m0/s1. The van der Waals surface area contributed by atoms with Crippen molar-refractivity contribution < 1.29 is 0 Å². The minimum Gasteiger partial charge on any atom is -0.244 e. The van der Waals surface area contributed by atoms with Crippen LogP contribution in [0.15, 0.2) is 0 Å². The summed E-state index contributed by atoms with van der Waals surface area (Å²) in [6.07, 6.45) is 4.39. The lowest BCUT2D eigenvalue weighted by atomic mass is 9.85. The Balaban J connectivity index is 2.18. The van der Waals surface area contributed by atoms with E-state index >= 15 is 0 Å². The first kappa shape index (κ1) is 19.8. The molecule has 0 radical (unpaired) electrons. The lowest BCUT2D eigenvalue weighted by Gasteiger charge is -2.23. The minimum absolute atomic E-state index is 0.0186. The summed E-state index contributed by atoms with van der Waals surface area (Å²) in [7, 11) is 0. The molecule has 0 aromatic carbocycles. The number of nitrogens with zero attached hydrogens (tertiary/aromatic N) is 3. The number of aryl methyl sites for hydroxylation is 1. The van der Waals surface area contributed by atoms with Gasteiger partial charge in [-0.2, -0.15) is 12.6 Å². The molecule has 2 rings (SSSR count). The molecule has 0 aliphatic heterocycles. The van der Waals surface area contributed by atoms with Crippen molar-refractivity contribution in [2.24, 2.45) is 16.7 Å². The molecule has 0 amide bonds. The highest BCUT2D eigenvalue weighted by atomic mass is 32.1. The van der Waals surface area contributed by atoms with E-state index in [1.54, 1.807) is 0 Å². The molecule has 1 aromatic heterocycles. The van der Waals surface area contributed by atoms with E-state index in [-0.39, 0.29) is 10.3 Å². The number of thiol groups is 1. The summed E-state index contributed by atoms with van der Waals surface area (Å²) in [6, 6.07) is 0. The van der Waals surface area contributed by atoms with E-state index in [4.69, 9.17) is 12.6 Å². The van der Waals surface area contributed by atoms with Crippen LogP contribution in [0.2, 0.25) is 0 Å². The second kappa shape index (κ2) is 6.03. The van der Waals surface area contributed by atoms with Crippen LogP contribution in [0.5, 0.6) is 0 Å². The van der Waals surface area contributed by atoms with Crippen molar-refractivity contribution in [2.75, 3.05) is 0 Å². The first-order valence-electron chi connectivity index (χ1n) is 9.40. The average molecular weight is 352 g/mol. The van der Waals surface area contributed by atoms with Gasteiger partial charge in [0.1, 0.15) is 0 Å². The Morgan fingerprint density at radius 3 is 2.17 bits per heavy atom. The molecule has 138 valence electrons. The molecule has 2 unspecified atom stereocenters. The summed E-state index contributed by atoms with van der Waals surface area (Å²) in [4.78, 5) is 0. The van der Waals surface area contributed by atoms with E-state index in [1.165, 1.54) is 12.1 Å². The van der Waals surface area contributed by atoms with Crippen LogP contribution < -0.4 is 0 Å². The Kier molecular flexibility index (Phi) is 4.98. The van der Waals surface area contributed by atoms with Gasteiger partial charge in [0.05, 0.1) is 16.9 Å². The third kappa shape index (κ3) is 3.54. The van der Waals surface area contributed by atoms with E-state index in [9.17, 15) is 0 Å². The number of aromatic nitrogens is 3. The smallest absolute Gasteiger partial charge is 0.0856 e. The molecule has 3 nitrogen and oxygen atoms in total. The van der Waals surface area contributed by atoms with Crippen LogP contribution in [0.25, 0.3) is 0 Å². The van der Waals surface area contributed by atoms with Crippen LogP contribution in [0.1, 0.15) is 86.5 Å². The fourth-order valence-electron chi connectivity index (χ4n) is 4.20. The molecular formula is C20H37N3S. The largest absolute Gasteiger partial charge is 0.244 e. The minimum atomic E-state index is -0.0186. The van der Waals surface area contributed by atoms with Crippen molar-refractivity contribution in [1.29, 1.82) is 0 Å². The number of rotatable bonds is 5. The van der Waals surface area contributed by atoms with Crippen molar-refractivity contribution in [3.05, 3.63) is 11.4 Å². The molecule has 1 aliphatic carbocycles. The van der Waals surface area contributed by atoms with E-state index in [0.717, 1.165) is 25.0 Å². The fraction of sp³-hybridized carbons (Fsp3) is 0.900. The van der Waals surface area contributed by atoms with Gasteiger partial charge in [-0.25, -0.2) is 4.68 Å². The maximum atomic E-state index is 5.05. The number of hydrogen-bond acceptors (Lipinski definition) is 3. The maximum Gasteiger partial charge on any atom is 0.0856 e. The van der Waals surface area contributed by atoms with Gasteiger partial charge in [-0.15, -0.1) is 5.10 Å². The van der Waals surface area contributed by atoms with Crippen LogP contribution >= 0.6 is 12.6 Å². The molecule has 0 bridgehead atoms. The van der Waals surface area contributed by atoms with E-state index < -0.39 is 0 Å². The van der Waals surface area contributed by atoms with Gasteiger partial charge in [0, 0.05) is 4.75 Å². The van der Waals surface area contributed by atoms with Crippen LogP contribution in [0.3, 0.4) is 0 Å². The topological polar surface area (TPSA) is 30.7 Å². The second-order valence-electron chi connectivity index (χ2n) is 10.3. The number of hydrogen-bond donors (Lipinski definition) is 1. The fourth-order valence-corrected chi connectivity index (χ4v) is 4.78. The van der Waals surface area contributed by atoms with Gasteiger partial charge in [0.15, 0.2) is 0 Å². The van der Waals surface area contributed by atoms with Gasteiger partial charge in [-0.1, -0.05) is 39.8 Å². The normalized spacial score (nSPS) is 30.7. The summed E-state index contributed by atoms with van der Waals surface area (Å²) < 4.78 is 2.26. The van der Waals surface area contributed by atoms with Crippen LogP contribution in [-0.2, 0) is 18.4 Å². The first-order valence-corrected chi connectivity index (χ1v) is 9.85. The van der Waals surface area contributed by atoms with Crippen LogP contribution in [0, 0.1) is 16.7 Å². The zero-order valence-corrected chi connectivity index (χ0v) is 18.1. The summed E-state index contributed by atoms with van der Waals surface area (Å²) in [6.45, 7) is 20.5. The summed E-state index contributed by atoms with van der Waals surface area (Å²) in [5, 5.41) is 8.87. The van der Waals surface area contributed by atoms with Gasteiger partial charge in [0.25, 0.3) is 0 Å². The lowest BCUT2D eigenvalue weighted by molar-refractivity contribution is 0.307. The van der Waals surface area contributed by atoms with Crippen molar-refractivity contribution in [2.45, 2.75) is 98.3 Å². The SMILES string of the molecule is CCc1nnn(C(C)(C)C)c1CCC1(C)[C@H](CC(C)(C)C)C1(C)S. The highest BCUT2D eigenvalue weighted by Gasteiger charge is 2.68. The molecule has 1 saturated carbocycles. The predicted molar refractivity (Wildman–Crippen MR) is 106 cm³/mol. The maximum absolute atomic E-state index is 5.05. The van der Waals surface area contributed by atoms with Gasteiger partial charge in [0.2, 0.25) is 0 Å². The molecule has 1 fully saturated rings. The Morgan fingerprint density at radius 2 is 1.71 bits per heavy atom. The molecule has 0 N–H and O–H groups in total. The van der Waals surface area contributed by atoms with Crippen molar-refractivity contribution >= 4 is 12.6 Å². The van der Waals surface area contributed by atoms with E-state index in [0.29, 0.717) is 16.7 Å². The molecule has 1 aliphatic rings. The van der Waals surface area contributed by atoms with Gasteiger partial charge >= 0.3 is 0 Å². The van der Waals surface area contributed by atoms with E-state index in [1.807, 2.05) is 0 Å². The summed E-state index contributed by atoms with van der Waals surface area (Å²) in [5.41, 5.74) is 3.10. The predicted octanol–water partition coefficient (Wildman–Crippen LogP) is 5.29. The Morgan fingerprint density at radius 1 is 1.12 bits per heavy atom. The molecular weight excluding hydrogens is 314 g/mol. The van der Waals surface area contributed by atoms with Crippen molar-refractivity contribution in [3.63, 3.8) is 0 Å². The molecule has 24 heavy (non-hydrogen) atoms. The van der Waals surface area contributed by atoms with Crippen molar-refractivity contribution in [3.8, 4) is 0 Å². The van der Waals surface area contributed by atoms with E-state index in [2.05, 4.69) is 77.3 Å². The Bertz CT molecular complexity index is 589. The molecule has 3 atom stereocenters. The van der Waals surface area contributed by atoms with Crippen LogP contribution in [-0.4, -0.2) is 19.7 Å². The lowest BCUT2D eigenvalue weighted by Crippen LogP contribution is -2.26. The summed E-state index contributed by atoms with van der Waals surface area (Å²) >= 11 is 5.05. The third-order valence-corrected chi connectivity index (χ3v) is 6.85. The highest BCUT2D eigenvalue weighted by Crippen LogP contribution is 2.70. The monoisotopic (exact) mass is 351 g/mol. The van der Waals surface area contributed by atoms with Crippen molar-refractivity contribution in [1.82, 2.24) is 15.0 Å². The Hall–Kier alpha value is -0.510. The molecule has 0 spiro atoms.